The van der Waals surface area contributed by atoms with E-state index in [0.29, 0.717) is 26.1 Å². The molecule has 0 aliphatic rings. The lowest BCUT2D eigenvalue weighted by atomic mass is 10.0. The van der Waals surface area contributed by atoms with Gasteiger partial charge in [-0.1, -0.05) is 33.1 Å². The van der Waals surface area contributed by atoms with E-state index in [4.69, 9.17) is 20.4 Å². The number of nitrogens with zero attached hydrogens (tertiary/aromatic N) is 1. The fraction of sp³-hybridized carbons (Fsp3) is 0.944. The van der Waals surface area contributed by atoms with E-state index in [1.54, 1.807) is 20.8 Å². The second kappa shape index (κ2) is 15.8. The highest BCUT2D eigenvalue weighted by Gasteiger charge is 2.12. The average molecular weight is 350 g/mol. The molecule has 0 aromatic heterocycles. The van der Waals surface area contributed by atoms with Crippen molar-refractivity contribution in [3.05, 3.63) is 0 Å². The number of aliphatic hydroxyl groups excluding tert-OH is 3. The van der Waals surface area contributed by atoms with Crippen LogP contribution in [0, 0.1) is 5.92 Å². The van der Waals surface area contributed by atoms with Crippen LogP contribution in [-0.4, -0.2) is 69.2 Å². The van der Waals surface area contributed by atoms with Gasteiger partial charge in [0.15, 0.2) is 0 Å². The fourth-order valence-electron chi connectivity index (χ4n) is 2.35. The third-order valence-electron chi connectivity index (χ3n) is 3.24. The molecule has 0 spiro atoms. The molecule has 0 aromatic carbocycles. The monoisotopic (exact) mass is 349 g/mol. The van der Waals surface area contributed by atoms with Crippen LogP contribution in [-0.2, 0) is 4.79 Å². The number of rotatable bonds is 12. The van der Waals surface area contributed by atoms with Crippen LogP contribution in [0.15, 0.2) is 0 Å². The van der Waals surface area contributed by atoms with E-state index >= 15 is 0 Å². The Bertz CT molecular complexity index is 269. The van der Waals surface area contributed by atoms with Crippen molar-refractivity contribution in [2.45, 2.75) is 85.0 Å². The molecule has 0 amide bonds. The molecule has 0 rings (SSSR count). The third kappa shape index (κ3) is 23.6. The molecule has 0 heterocycles. The number of carbonyl (C=O) groups is 1. The summed E-state index contributed by atoms with van der Waals surface area (Å²) in [4.78, 5) is 11.9. The maximum absolute atomic E-state index is 10.1. The van der Waals surface area contributed by atoms with Crippen LogP contribution in [0.2, 0.25) is 0 Å². The van der Waals surface area contributed by atoms with Crippen molar-refractivity contribution in [2.24, 2.45) is 5.92 Å². The highest BCUT2D eigenvalue weighted by atomic mass is 16.4. The molecule has 0 fully saturated rings. The predicted octanol–water partition coefficient (Wildman–Crippen LogP) is 2.11. The van der Waals surface area contributed by atoms with Crippen molar-refractivity contribution in [2.75, 3.05) is 19.6 Å². The smallest absolute Gasteiger partial charge is 0.303 e. The first-order chi connectivity index (χ1) is 11.0. The summed E-state index contributed by atoms with van der Waals surface area (Å²) in [5.74, 6) is 0.0781. The first kappa shape index (κ1) is 25.5. The van der Waals surface area contributed by atoms with Crippen molar-refractivity contribution in [1.82, 2.24) is 4.90 Å². The molecule has 0 aromatic rings. The molecule has 0 saturated heterocycles. The second-order valence-electron chi connectivity index (χ2n) is 7.15. The summed E-state index contributed by atoms with van der Waals surface area (Å²) in [7, 11) is 0. The largest absolute Gasteiger partial charge is 0.481 e. The summed E-state index contributed by atoms with van der Waals surface area (Å²) < 4.78 is 0. The normalized spacial score (nSPS) is 14.9. The Morgan fingerprint density at radius 1 is 0.792 bits per heavy atom. The Balaban J connectivity index is 0. The molecule has 3 atom stereocenters. The first-order valence-electron chi connectivity index (χ1n) is 9.02. The standard InChI is InChI=1S/C9H21NO3.C9H18O2/c1-7(11)4-10(5-8(2)12)6-9(3)13;1-8(2)6-4-3-5-7-9(10)11/h7-9,11-13H,4-6H2,1-3H3;8H,3-7H2,1-2H3,(H,10,11). The topological polar surface area (TPSA) is 101 Å². The zero-order valence-corrected chi connectivity index (χ0v) is 16.1. The second-order valence-corrected chi connectivity index (χ2v) is 7.15. The van der Waals surface area contributed by atoms with Gasteiger partial charge in [0.25, 0.3) is 0 Å². The van der Waals surface area contributed by atoms with Gasteiger partial charge in [-0.2, -0.15) is 0 Å². The van der Waals surface area contributed by atoms with E-state index in [1.165, 1.54) is 12.8 Å². The summed E-state index contributed by atoms with van der Waals surface area (Å²) in [6.07, 6.45) is 3.32. The molecule has 146 valence electrons. The highest BCUT2D eigenvalue weighted by molar-refractivity contribution is 5.66. The molecule has 0 bridgehead atoms. The third-order valence-corrected chi connectivity index (χ3v) is 3.24. The number of aliphatic carboxylic acids is 1. The van der Waals surface area contributed by atoms with Crippen LogP contribution >= 0.6 is 0 Å². The molecule has 3 unspecified atom stereocenters. The number of hydrogen-bond donors (Lipinski definition) is 4. The van der Waals surface area contributed by atoms with Crippen LogP contribution < -0.4 is 0 Å². The molecule has 24 heavy (non-hydrogen) atoms. The lowest BCUT2D eigenvalue weighted by Crippen LogP contribution is -2.40. The maximum atomic E-state index is 10.1. The summed E-state index contributed by atoms with van der Waals surface area (Å²) in [6, 6.07) is 0. The van der Waals surface area contributed by atoms with Crippen LogP contribution in [0.25, 0.3) is 0 Å². The zero-order valence-electron chi connectivity index (χ0n) is 16.1. The number of aliphatic hydroxyl groups is 3. The van der Waals surface area contributed by atoms with Crippen LogP contribution in [0.3, 0.4) is 0 Å². The fourth-order valence-corrected chi connectivity index (χ4v) is 2.35. The Hall–Kier alpha value is -0.690. The lowest BCUT2D eigenvalue weighted by Gasteiger charge is -2.25. The molecule has 0 saturated carbocycles. The van der Waals surface area contributed by atoms with Gasteiger partial charge in [-0.05, 0) is 33.1 Å². The zero-order chi connectivity index (χ0) is 19.1. The van der Waals surface area contributed by atoms with E-state index in [2.05, 4.69) is 13.8 Å². The Morgan fingerprint density at radius 3 is 1.50 bits per heavy atom. The molecule has 6 heteroatoms. The van der Waals surface area contributed by atoms with Gasteiger partial charge < -0.3 is 20.4 Å². The van der Waals surface area contributed by atoms with E-state index < -0.39 is 24.3 Å². The van der Waals surface area contributed by atoms with Crippen LogP contribution in [0.1, 0.15) is 66.7 Å². The van der Waals surface area contributed by atoms with E-state index in [9.17, 15) is 4.79 Å². The highest BCUT2D eigenvalue weighted by Crippen LogP contribution is 2.09. The molecule has 0 aliphatic carbocycles. The molecule has 0 aliphatic heterocycles. The van der Waals surface area contributed by atoms with Gasteiger partial charge >= 0.3 is 5.97 Å². The van der Waals surface area contributed by atoms with Gasteiger partial charge in [0, 0.05) is 26.1 Å². The van der Waals surface area contributed by atoms with Gasteiger partial charge in [-0.15, -0.1) is 0 Å². The number of carboxylic acid groups (broad SMARTS) is 1. The van der Waals surface area contributed by atoms with Crippen LogP contribution in [0.4, 0.5) is 0 Å². The minimum Gasteiger partial charge on any atom is -0.481 e. The van der Waals surface area contributed by atoms with E-state index in [0.717, 1.165) is 18.8 Å². The lowest BCUT2D eigenvalue weighted by molar-refractivity contribution is -0.137. The molecular weight excluding hydrogens is 310 g/mol. The SMILES string of the molecule is CC(C)CCCCCC(=O)O.CC(O)CN(CC(C)O)CC(C)O. The van der Waals surface area contributed by atoms with Gasteiger partial charge in [0.05, 0.1) is 18.3 Å². The predicted molar refractivity (Wildman–Crippen MR) is 97.0 cm³/mol. The minimum absolute atomic E-state index is 0.331. The van der Waals surface area contributed by atoms with Gasteiger partial charge in [0.1, 0.15) is 0 Å². The summed E-state index contributed by atoms with van der Waals surface area (Å²) in [6.45, 7) is 10.9. The quantitative estimate of drug-likeness (QED) is 0.403. The summed E-state index contributed by atoms with van der Waals surface area (Å²) in [5.41, 5.74) is 0. The summed E-state index contributed by atoms with van der Waals surface area (Å²) in [5, 5.41) is 35.8. The van der Waals surface area contributed by atoms with E-state index in [-0.39, 0.29) is 0 Å². The van der Waals surface area contributed by atoms with Crippen LogP contribution in [0.5, 0.6) is 0 Å². The molecule has 4 N–H and O–H groups in total. The van der Waals surface area contributed by atoms with Gasteiger partial charge in [-0.3, -0.25) is 9.69 Å². The number of unbranched alkanes of at least 4 members (excludes halogenated alkanes) is 2. The van der Waals surface area contributed by atoms with Crippen molar-refractivity contribution in [3.8, 4) is 0 Å². The molecular formula is C18H39NO5. The van der Waals surface area contributed by atoms with Gasteiger partial charge in [-0.25, -0.2) is 0 Å². The Labute approximate surface area is 147 Å². The average Bonchev–Trinajstić information content (AvgIpc) is 2.35. The minimum atomic E-state index is -0.672. The first-order valence-corrected chi connectivity index (χ1v) is 9.02. The Morgan fingerprint density at radius 2 is 1.21 bits per heavy atom. The molecule has 6 nitrogen and oxygen atoms in total. The van der Waals surface area contributed by atoms with Crippen molar-refractivity contribution in [3.63, 3.8) is 0 Å². The van der Waals surface area contributed by atoms with Crippen molar-refractivity contribution in [1.29, 1.82) is 0 Å². The Kier molecular flexibility index (Phi) is 16.8. The van der Waals surface area contributed by atoms with Gasteiger partial charge in [0.2, 0.25) is 0 Å². The van der Waals surface area contributed by atoms with Crippen molar-refractivity contribution < 1.29 is 25.2 Å². The van der Waals surface area contributed by atoms with E-state index in [1.807, 2.05) is 4.90 Å². The number of hydrogen-bond acceptors (Lipinski definition) is 5. The summed E-state index contributed by atoms with van der Waals surface area (Å²) >= 11 is 0. The van der Waals surface area contributed by atoms with Crippen molar-refractivity contribution >= 4 is 5.97 Å². The number of carboxylic acids is 1. The maximum Gasteiger partial charge on any atom is 0.303 e. The molecule has 0 radical (unpaired) electrons.